The van der Waals surface area contributed by atoms with Crippen molar-refractivity contribution in [3.63, 3.8) is 0 Å². The number of para-hydroxylation sites is 1. The number of nitrogens with two attached hydrogens (primary N) is 1. The third kappa shape index (κ3) is 6.42. The molecule has 0 saturated heterocycles. The van der Waals surface area contributed by atoms with Crippen LogP contribution in [-0.2, 0) is 14.2 Å². The van der Waals surface area contributed by atoms with Crippen molar-refractivity contribution in [1.82, 2.24) is 0 Å². The Morgan fingerprint density at radius 2 is 1.58 bits per heavy atom. The molecule has 0 atom stereocenters. The van der Waals surface area contributed by atoms with E-state index in [-0.39, 0.29) is 0 Å². The highest BCUT2D eigenvalue weighted by atomic mass is 16.6. The highest BCUT2D eigenvalue weighted by Gasteiger charge is 2.03. The molecule has 0 aliphatic rings. The molecule has 5 nitrogen and oxygen atoms in total. The molecule has 0 aromatic heterocycles. The first-order valence-electron chi connectivity index (χ1n) is 6.38. The van der Waals surface area contributed by atoms with Crippen LogP contribution in [0.1, 0.15) is 5.56 Å². The molecule has 0 unspecified atom stereocenters. The molecule has 0 aliphatic carbocycles. The predicted octanol–water partition coefficient (Wildman–Crippen LogP) is 1.64. The van der Waals surface area contributed by atoms with Gasteiger partial charge in [0.25, 0.3) is 0 Å². The van der Waals surface area contributed by atoms with Crippen LogP contribution in [0.5, 0.6) is 5.75 Å². The molecule has 0 heterocycles. The number of hydrogen-bond donors (Lipinski definition) is 1. The zero-order chi connectivity index (χ0) is 13.9. The van der Waals surface area contributed by atoms with Gasteiger partial charge in [0.1, 0.15) is 12.4 Å². The minimum absolute atomic E-state index is 0.479. The third-order valence-corrected chi connectivity index (χ3v) is 2.52. The lowest BCUT2D eigenvalue weighted by Gasteiger charge is -2.11. The van der Waals surface area contributed by atoms with Crippen molar-refractivity contribution in [2.24, 2.45) is 0 Å². The van der Waals surface area contributed by atoms with Crippen LogP contribution in [0.2, 0.25) is 0 Å². The molecule has 0 bridgehead atoms. The molecule has 108 valence electrons. The van der Waals surface area contributed by atoms with Gasteiger partial charge in [-0.15, -0.1) is 0 Å². The van der Waals surface area contributed by atoms with Gasteiger partial charge in [0.05, 0.1) is 38.7 Å². The molecule has 0 radical (unpaired) electrons. The quantitative estimate of drug-likeness (QED) is 0.517. The molecule has 0 aliphatic heterocycles. The number of methoxy groups -OCH3 is 1. The first-order chi connectivity index (χ1) is 9.25. The summed E-state index contributed by atoms with van der Waals surface area (Å²) in [6, 6.07) is 5.70. The number of rotatable bonds is 10. The van der Waals surface area contributed by atoms with Gasteiger partial charge in [-0.3, -0.25) is 0 Å². The second-order valence-corrected chi connectivity index (χ2v) is 4.06. The van der Waals surface area contributed by atoms with Crippen molar-refractivity contribution in [3.8, 4) is 5.75 Å². The molecule has 1 rings (SSSR count). The van der Waals surface area contributed by atoms with Crippen molar-refractivity contribution in [2.75, 3.05) is 52.5 Å². The molecular formula is C14H23NO4. The normalized spacial score (nSPS) is 10.6. The van der Waals surface area contributed by atoms with Crippen LogP contribution in [0.15, 0.2) is 18.2 Å². The summed E-state index contributed by atoms with van der Waals surface area (Å²) in [6.45, 7) is 5.28. The fourth-order valence-corrected chi connectivity index (χ4v) is 1.54. The van der Waals surface area contributed by atoms with Gasteiger partial charge in [-0.25, -0.2) is 0 Å². The van der Waals surface area contributed by atoms with Gasteiger partial charge in [0.15, 0.2) is 0 Å². The monoisotopic (exact) mass is 269 g/mol. The van der Waals surface area contributed by atoms with Crippen molar-refractivity contribution in [3.05, 3.63) is 23.8 Å². The van der Waals surface area contributed by atoms with E-state index in [2.05, 4.69) is 0 Å². The standard InChI is InChI=1S/C14H23NO4/c1-12-4-3-5-13(15)14(12)19-11-10-18-9-8-17-7-6-16-2/h3-5H,6-11,15H2,1-2H3. The van der Waals surface area contributed by atoms with Gasteiger partial charge in [-0.05, 0) is 18.6 Å². The number of hydrogen-bond acceptors (Lipinski definition) is 5. The molecule has 1 aromatic rings. The Labute approximate surface area is 114 Å². The maximum absolute atomic E-state index is 5.83. The fraction of sp³-hybridized carbons (Fsp3) is 0.571. The van der Waals surface area contributed by atoms with E-state index in [0.29, 0.717) is 45.3 Å². The lowest BCUT2D eigenvalue weighted by molar-refractivity contribution is 0.0180. The molecule has 0 amide bonds. The van der Waals surface area contributed by atoms with E-state index in [4.69, 9.17) is 24.7 Å². The molecule has 0 fully saturated rings. The predicted molar refractivity (Wildman–Crippen MR) is 74.6 cm³/mol. The topological polar surface area (TPSA) is 62.9 Å². The summed E-state index contributed by atoms with van der Waals surface area (Å²) >= 11 is 0. The zero-order valence-electron chi connectivity index (χ0n) is 11.7. The van der Waals surface area contributed by atoms with Gasteiger partial charge in [0, 0.05) is 7.11 Å². The molecule has 5 heteroatoms. The molecule has 19 heavy (non-hydrogen) atoms. The highest BCUT2D eigenvalue weighted by Crippen LogP contribution is 2.25. The number of aryl methyl sites for hydroxylation is 1. The summed E-state index contributed by atoms with van der Waals surface area (Å²) in [5, 5.41) is 0. The summed E-state index contributed by atoms with van der Waals surface area (Å²) in [5.41, 5.74) is 7.52. The second-order valence-electron chi connectivity index (χ2n) is 4.06. The number of anilines is 1. The van der Waals surface area contributed by atoms with E-state index in [1.54, 1.807) is 7.11 Å². The van der Waals surface area contributed by atoms with Crippen LogP contribution in [-0.4, -0.2) is 46.8 Å². The van der Waals surface area contributed by atoms with E-state index in [1.165, 1.54) is 0 Å². The van der Waals surface area contributed by atoms with Crippen LogP contribution in [0.25, 0.3) is 0 Å². The molecule has 0 saturated carbocycles. The number of benzene rings is 1. The summed E-state index contributed by atoms with van der Waals surface area (Å²) in [7, 11) is 1.65. The smallest absolute Gasteiger partial charge is 0.145 e. The Morgan fingerprint density at radius 1 is 0.947 bits per heavy atom. The summed E-state index contributed by atoms with van der Waals surface area (Å²) < 4.78 is 21.1. The van der Waals surface area contributed by atoms with Gasteiger partial charge in [-0.1, -0.05) is 12.1 Å². The SMILES string of the molecule is COCCOCCOCCOc1c(C)cccc1N. The second kappa shape index (κ2) is 9.61. The number of nitrogen functional groups attached to an aromatic ring is 1. The van der Waals surface area contributed by atoms with Crippen molar-refractivity contribution in [2.45, 2.75) is 6.92 Å². The van der Waals surface area contributed by atoms with Crippen LogP contribution in [0.3, 0.4) is 0 Å². The van der Waals surface area contributed by atoms with Crippen LogP contribution >= 0.6 is 0 Å². The average molecular weight is 269 g/mol. The largest absolute Gasteiger partial charge is 0.489 e. The summed E-state index contributed by atoms with van der Waals surface area (Å²) in [4.78, 5) is 0. The molecule has 1 aromatic carbocycles. The van der Waals surface area contributed by atoms with Crippen LogP contribution in [0.4, 0.5) is 5.69 Å². The van der Waals surface area contributed by atoms with Gasteiger partial charge >= 0.3 is 0 Å². The van der Waals surface area contributed by atoms with E-state index >= 15 is 0 Å². The maximum Gasteiger partial charge on any atom is 0.145 e. The zero-order valence-corrected chi connectivity index (χ0v) is 11.7. The van der Waals surface area contributed by atoms with Crippen LogP contribution in [0, 0.1) is 6.92 Å². The Bertz CT molecular complexity index is 337. The van der Waals surface area contributed by atoms with Gasteiger partial charge in [0.2, 0.25) is 0 Å². The molecule has 0 spiro atoms. The summed E-state index contributed by atoms with van der Waals surface area (Å²) in [5.74, 6) is 0.738. The average Bonchev–Trinajstić information content (AvgIpc) is 2.40. The lowest BCUT2D eigenvalue weighted by atomic mass is 10.2. The summed E-state index contributed by atoms with van der Waals surface area (Å²) in [6.07, 6.45) is 0. The van der Waals surface area contributed by atoms with Gasteiger partial charge in [-0.2, -0.15) is 0 Å². The van der Waals surface area contributed by atoms with Crippen molar-refractivity contribution in [1.29, 1.82) is 0 Å². The first kappa shape index (κ1) is 15.8. The van der Waals surface area contributed by atoms with E-state index < -0.39 is 0 Å². The Hall–Kier alpha value is -1.30. The maximum atomic E-state index is 5.83. The number of ether oxygens (including phenoxy) is 4. The highest BCUT2D eigenvalue weighted by molar-refractivity contribution is 5.56. The first-order valence-corrected chi connectivity index (χ1v) is 6.38. The molecular weight excluding hydrogens is 246 g/mol. The Kier molecular flexibility index (Phi) is 7.97. The third-order valence-electron chi connectivity index (χ3n) is 2.52. The van der Waals surface area contributed by atoms with Crippen molar-refractivity contribution >= 4 is 5.69 Å². The van der Waals surface area contributed by atoms with E-state index in [0.717, 1.165) is 11.3 Å². The van der Waals surface area contributed by atoms with Gasteiger partial charge < -0.3 is 24.7 Å². The Morgan fingerprint density at radius 3 is 2.21 bits per heavy atom. The van der Waals surface area contributed by atoms with E-state index in [9.17, 15) is 0 Å². The van der Waals surface area contributed by atoms with Crippen molar-refractivity contribution < 1.29 is 18.9 Å². The lowest BCUT2D eigenvalue weighted by Crippen LogP contribution is -2.13. The minimum Gasteiger partial charge on any atom is -0.489 e. The fourth-order valence-electron chi connectivity index (χ4n) is 1.54. The van der Waals surface area contributed by atoms with Crippen LogP contribution < -0.4 is 10.5 Å². The Balaban J connectivity index is 2.05. The van der Waals surface area contributed by atoms with E-state index in [1.807, 2.05) is 25.1 Å². The minimum atomic E-state index is 0.479. The molecule has 2 N–H and O–H groups in total.